The molecule has 1 aliphatic rings. The summed E-state index contributed by atoms with van der Waals surface area (Å²) in [5.41, 5.74) is 1.88. The summed E-state index contributed by atoms with van der Waals surface area (Å²) in [4.78, 5) is 19.4. The van der Waals surface area contributed by atoms with Gasteiger partial charge in [0.25, 0.3) is 0 Å². The van der Waals surface area contributed by atoms with Crippen molar-refractivity contribution in [3.8, 4) is 0 Å². The van der Waals surface area contributed by atoms with Crippen molar-refractivity contribution in [3.63, 3.8) is 0 Å². The summed E-state index contributed by atoms with van der Waals surface area (Å²) in [6, 6.07) is 7.47. The molecule has 2 heterocycles. The minimum Gasteiger partial charge on any atom is -0.388 e. The molecule has 0 spiro atoms. The first-order chi connectivity index (χ1) is 9.72. The Hall–Kier alpha value is -1.92. The average molecular weight is 275 g/mol. The number of aromatic nitrogens is 2. The molecule has 1 aliphatic heterocycles. The molecule has 1 aromatic carbocycles. The molecule has 20 heavy (non-hydrogen) atoms. The molecular formula is C14H17N3O3. The third-order valence-electron chi connectivity index (χ3n) is 3.42. The van der Waals surface area contributed by atoms with Gasteiger partial charge in [-0.1, -0.05) is 12.1 Å². The largest absolute Gasteiger partial charge is 0.388 e. The van der Waals surface area contributed by atoms with E-state index in [1.54, 1.807) is 0 Å². The van der Waals surface area contributed by atoms with Crippen LogP contribution in [0, 0.1) is 0 Å². The Morgan fingerprint density at radius 1 is 1.45 bits per heavy atom. The maximum atomic E-state index is 11.8. The number of benzene rings is 1. The highest BCUT2D eigenvalue weighted by atomic mass is 16.5. The molecule has 1 fully saturated rings. The van der Waals surface area contributed by atoms with Crippen molar-refractivity contribution in [2.45, 2.75) is 25.0 Å². The van der Waals surface area contributed by atoms with Crippen LogP contribution in [0.3, 0.4) is 0 Å². The zero-order valence-electron chi connectivity index (χ0n) is 11.0. The summed E-state index contributed by atoms with van der Waals surface area (Å²) in [7, 11) is 0. The highest BCUT2D eigenvalue weighted by Gasteiger charge is 2.27. The summed E-state index contributed by atoms with van der Waals surface area (Å²) in [5, 5.41) is 12.3. The van der Waals surface area contributed by atoms with Gasteiger partial charge in [-0.25, -0.2) is 4.98 Å². The van der Waals surface area contributed by atoms with E-state index >= 15 is 0 Å². The molecule has 0 aliphatic carbocycles. The summed E-state index contributed by atoms with van der Waals surface area (Å²) in [5.74, 6) is 0.699. The summed E-state index contributed by atoms with van der Waals surface area (Å²) < 4.78 is 5.09. The number of para-hydroxylation sites is 2. The Morgan fingerprint density at radius 3 is 3.05 bits per heavy atom. The zero-order chi connectivity index (χ0) is 13.9. The number of aliphatic hydroxyl groups is 1. The summed E-state index contributed by atoms with van der Waals surface area (Å²) >= 11 is 0. The van der Waals surface area contributed by atoms with Gasteiger partial charge >= 0.3 is 0 Å². The number of aromatic amines is 1. The average Bonchev–Trinajstić information content (AvgIpc) is 3.03. The van der Waals surface area contributed by atoms with Gasteiger partial charge in [0, 0.05) is 12.8 Å². The number of fused-ring (bicyclic) bond motifs is 1. The van der Waals surface area contributed by atoms with Gasteiger partial charge in [-0.3, -0.25) is 4.79 Å². The molecule has 2 aromatic rings. The molecule has 3 N–H and O–H groups in total. The number of carbonyl (C=O) groups is 1. The molecule has 1 saturated heterocycles. The van der Waals surface area contributed by atoms with E-state index in [1.807, 2.05) is 24.3 Å². The van der Waals surface area contributed by atoms with Crippen LogP contribution in [0.25, 0.3) is 11.0 Å². The highest BCUT2D eigenvalue weighted by Crippen LogP contribution is 2.11. The topological polar surface area (TPSA) is 87.2 Å². The highest BCUT2D eigenvalue weighted by molar-refractivity contribution is 5.77. The molecule has 1 aromatic heterocycles. The van der Waals surface area contributed by atoms with Crippen molar-refractivity contribution in [2.75, 3.05) is 13.2 Å². The van der Waals surface area contributed by atoms with Crippen LogP contribution in [0.4, 0.5) is 0 Å². The van der Waals surface area contributed by atoms with Gasteiger partial charge in [0.05, 0.1) is 36.4 Å². The second-order valence-corrected chi connectivity index (χ2v) is 4.98. The van der Waals surface area contributed by atoms with Crippen LogP contribution >= 0.6 is 0 Å². The van der Waals surface area contributed by atoms with Gasteiger partial charge in [-0.2, -0.15) is 0 Å². The van der Waals surface area contributed by atoms with Crippen LogP contribution in [0.1, 0.15) is 12.2 Å². The third-order valence-corrected chi connectivity index (χ3v) is 3.42. The molecule has 2 atom stereocenters. The SMILES string of the molecule is O=C(CCc1nc2ccccc2[nH]1)N[C@H]1COC[C@@H]1O. The smallest absolute Gasteiger partial charge is 0.220 e. The lowest BCUT2D eigenvalue weighted by Crippen LogP contribution is -2.42. The number of H-pyrrole nitrogens is 1. The number of aliphatic hydroxyl groups excluding tert-OH is 1. The lowest BCUT2D eigenvalue weighted by molar-refractivity contribution is -0.122. The molecule has 0 bridgehead atoms. The predicted molar refractivity (Wildman–Crippen MR) is 73.2 cm³/mol. The molecule has 106 valence electrons. The van der Waals surface area contributed by atoms with Crippen LogP contribution in [-0.2, 0) is 16.0 Å². The first kappa shape index (κ1) is 13.1. The van der Waals surface area contributed by atoms with Crippen LogP contribution in [0.5, 0.6) is 0 Å². The lowest BCUT2D eigenvalue weighted by Gasteiger charge is -2.13. The minimum atomic E-state index is -0.606. The van der Waals surface area contributed by atoms with Crippen molar-refractivity contribution in [2.24, 2.45) is 0 Å². The third kappa shape index (κ3) is 2.81. The lowest BCUT2D eigenvalue weighted by atomic mass is 10.2. The van der Waals surface area contributed by atoms with Crippen molar-refractivity contribution >= 4 is 16.9 Å². The number of nitrogens with one attached hydrogen (secondary N) is 2. The van der Waals surface area contributed by atoms with Crippen molar-refractivity contribution < 1.29 is 14.6 Å². The number of carbonyl (C=O) groups excluding carboxylic acids is 1. The summed E-state index contributed by atoms with van der Waals surface area (Å²) in [6.07, 6.45) is 0.276. The minimum absolute atomic E-state index is 0.0972. The van der Waals surface area contributed by atoms with Crippen LogP contribution in [0.15, 0.2) is 24.3 Å². The van der Waals surface area contributed by atoms with Crippen LogP contribution < -0.4 is 5.32 Å². The van der Waals surface area contributed by atoms with Crippen molar-refractivity contribution in [1.29, 1.82) is 0 Å². The van der Waals surface area contributed by atoms with Crippen molar-refractivity contribution in [3.05, 3.63) is 30.1 Å². The van der Waals surface area contributed by atoms with E-state index in [0.29, 0.717) is 19.4 Å². The molecule has 3 rings (SSSR count). The fraction of sp³-hybridized carbons (Fsp3) is 0.429. The quantitative estimate of drug-likeness (QED) is 0.752. The number of aryl methyl sites for hydroxylation is 1. The first-order valence-corrected chi connectivity index (χ1v) is 6.71. The van der Waals surface area contributed by atoms with E-state index in [-0.39, 0.29) is 18.6 Å². The number of rotatable bonds is 4. The fourth-order valence-corrected chi connectivity index (χ4v) is 2.32. The Labute approximate surface area is 116 Å². The molecule has 6 heteroatoms. The van der Waals surface area contributed by atoms with Crippen LogP contribution in [0.2, 0.25) is 0 Å². The van der Waals surface area contributed by atoms with E-state index in [2.05, 4.69) is 15.3 Å². The molecule has 0 radical (unpaired) electrons. The van der Waals surface area contributed by atoms with E-state index in [9.17, 15) is 9.90 Å². The summed E-state index contributed by atoms with van der Waals surface area (Å²) in [6.45, 7) is 0.659. The van der Waals surface area contributed by atoms with E-state index < -0.39 is 6.10 Å². The van der Waals surface area contributed by atoms with Crippen molar-refractivity contribution in [1.82, 2.24) is 15.3 Å². The number of hydrogen-bond acceptors (Lipinski definition) is 4. The van der Waals surface area contributed by atoms with Gasteiger partial charge in [0.2, 0.25) is 5.91 Å². The zero-order valence-corrected chi connectivity index (χ0v) is 11.0. The second-order valence-electron chi connectivity index (χ2n) is 4.98. The van der Waals surface area contributed by atoms with Gasteiger partial charge in [0.1, 0.15) is 5.82 Å². The monoisotopic (exact) mass is 275 g/mol. The van der Waals surface area contributed by atoms with Gasteiger partial charge in [-0.15, -0.1) is 0 Å². The number of hydrogen-bond donors (Lipinski definition) is 3. The number of amides is 1. The van der Waals surface area contributed by atoms with Gasteiger partial charge in [-0.05, 0) is 12.1 Å². The maximum absolute atomic E-state index is 11.8. The molecule has 1 amide bonds. The first-order valence-electron chi connectivity index (χ1n) is 6.71. The number of imidazole rings is 1. The Kier molecular flexibility index (Phi) is 3.66. The molecular weight excluding hydrogens is 258 g/mol. The Balaban J connectivity index is 1.54. The standard InChI is InChI=1S/C14H17N3O3/c18-12-8-20-7-11(12)17-14(19)6-5-13-15-9-3-1-2-4-10(9)16-13/h1-4,11-12,18H,5-8H2,(H,15,16)(H,17,19)/t11-,12-/m0/s1. The second kappa shape index (κ2) is 5.60. The van der Waals surface area contributed by atoms with E-state index in [0.717, 1.165) is 16.9 Å². The Morgan fingerprint density at radius 2 is 2.30 bits per heavy atom. The van der Waals surface area contributed by atoms with E-state index in [1.165, 1.54) is 0 Å². The predicted octanol–water partition coefficient (Wildman–Crippen LogP) is 0.371. The Bertz CT molecular complexity index is 577. The van der Waals surface area contributed by atoms with Gasteiger partial charge in [0.15, 0.2) is 0 Å². The van der Waals surface area contributed by atoms with E-state index in [4.69, 9.17) is 4.74 Å². The van der Waals surface area contributed by atoms with Crippen LogP contribution in [-0.4, -0.2) is 46.3 Å². The van der Waals surface area contributed by atoms with Gasteiger partial charge < -0.3 is 20.1 Å². The number of nitrogens with zero attached hydrogens (tertiary/aromatic N) is 1. The molecule has 0 unspecified atom stereocenters. The number of ether oxygens (including phenoxy) is 1. The fourth-order valence-electron chi connectivity index (χ4n) is 2.32. The maximum Gasteiger partial charge on any atom is 0.220 e. The normalized spacial score (nSPS) is 22.2. The molecule has 0 saturated carbocycles. The molecule has 6 nitrogen and oxygen atoms in total.